The van der Waals surface area contributed by atoms with E-state index in [1.165, 1.54) is 32.2 Å². The summed E-state index contributed by atoms with van der Waals surface area (Å²) < 4.78 is 57.7. The molecule has 0 spiro atoms. The van der Waals surface area contributed by atoms with Gasteiger partial charge in [0, 0.05) is 105 Å². The van der Waals surface area contributed by atoms with Gasteiger partial charge in [-0.3, -0.25) is 19.7 Å². The number of halogens is 1. The highest BCUT2D eigenvalue weighted by Crippen LogP contribution is 2.41. The van der Waals surface area contributed by atoms with Crippen molar-refractivity contribution in [3.63, 3.8) is 0 Å². The number of piperidine rings is 2. The minimum Gasteiger partial charge on any atom is -0.496 e. The number of carbonyl (C=O) groups is 2. The normalized spacial score (nSPS) is 19.8. The van der Waals surface area contributed by atoms with Crippen molar-refractivity contribution in [1.29, 1.82) is 10.5 Å². The third-order valence-electron chi connectivity index (χ3n) is 16.2. The van der Waals surface area contributed by atoms with E-state index in [1.807, 2.05) is 47.4 Å². The molecular formula is C64H63ClN8O13. The average molecular weight is 1190 g/mol. The molecule has 0 aliphatic carbocycles. The fraction of sp³-hybridized carbons (Fsp3) is 0.375. The highest BCUT2D eigenvalue weighted by molar-refractivity contribution is 5.96. The fourth-order valence-corrected chi connectivity index (χ4v) is 11.5. The molecule has 86 heavy (non-hydrogen) atoms. The Kier molecular flexibility index (Phi) is 18.4. The lowest BCUT2D eigenvalue weighted by Crippen LogP contribution is -2.56. The molecule has 8 fully saturated rings. The summed E-state index contributed by atoms with van der Waals surface area (Å²) >= 11 is 0. The predicted molar refractivity (Wildman–Crippen MR) is 316 cm³/mol. The second-order valence-corrected chi connectivity index (χ2v) is 21.5. The Morgan fingerprint density at radius 3 is 1.53 bits per heavy atom. The van der Waals surface area contributed by atoms with E-state index in [0.29, 0.717) is 136 Å². The van der Waals surface area contributed by atoms with Gasteiger partial charge in [0.25, 0.3) is 5.91 Å². The van der Waals surface area contributed by atoms with Crippen molar-refractivity contribution < 1.29 is 61.4 Å². The number of pyridine rings is 4. The predicted octanol–water partition coefficient (Wildman–Crippen LogP) is 10.3. The molecule has 21 nitrogen and oxygen atoms in total. The Morgan fingerprint density at radius 1 is 0.605 bits per heavy atom. The van der Waals surface area contributed by atoms with Crippen LogP contribution < -0.4 is 24.3 Å². The van der Waals surface area contributed by atoms with Crippen LogP contribution in [0.3, 0.4) is 0 Å². The number of aromatic carboxylic acids is 1. The number of carboxylic acids is 1. The molecule has 8 aliphatic rings. The summed E-state index contributed by atoms with van der Waals surface area (Å²) in [6, 6.07) is 26.5. The van der Waals surface area contributed by atoms with Crippen LogP contribution >= 0.6 is 12.4 Å². The van der Waals surface area contributed by atoms with Gasteiger partial charge in [0.15, 0.2) is 16.9 Å². The Balaban J connectivity index is 0.000000158. The van der Waals surface area contributed by atoms with Crippen molar-refractivity contribution in [1.82, 2.24) is 30.2 Å². The smallest absolute Gasteiger partial charge is 0.354 e. The minimum atomic E-state index is -1.15. The van der Waals surface area contributed by atoms with Gasteiger partial charge in [-0.2, -0.15) is 10.5 Å². The number of aromatic nitrogens is 4. The van der Waals surface area contributed by atoms with Crippen LogP contribution in [0.15, 0.2) is 106 Å². The van der Waals surface area contributed by atoms with E-state index in [4.69, 9.17) is 46.7 Å². The molecule has 444 valence electrons. The van der Waals surface area contributed by atoms with Crippen LogP contribution in [0.4, 0.5) is 0 Å². The molecule has 8 saturated heterocycles. The van der Waals surface area contributed by atoms with Crippen molar-refractivity contribution in [3.8, 4) is 80.0 Å². The van der Waals surface area contributed by atoms with Crippen LogP contribution in [0.5, 0.6) is 23.0 Å². The molecule has 0 saturated carbocycles. The zero-order valence-corrected chi connectivity index (χ0v) is 48.2. The van der Waals surface area contributed by atoms with E-state index >= 15 is 0 Å². The van der Waals surface area contributed by atoms with Gasteiger partial charge in [0.2, 0.25) is 0 Å². The number of hydrogen-bond donors (Lipinski definition) is 2. The van der Waals surface area contributed by atoms with Gasteiger partial charge in [0.05, 0.1) is 94.4 Å². The largest absolute Gasteiger partial charge is 0.496 e. The molecule has 2 N–H and O–H groups in total. The number of nitriles is 2. The van der Waals surface area contributed by atoms with Crippen molar-refractivity contribution in [3.05, 3.63) is 120 Å². The number of rotatable bonds is 12. The number of methoxy groups -OCH3 is 2. The van der Waals surface area contributed by atoms with Crippen molar-refractivity contribution in [2.75, 3.05) is 67.0 Å². The summed E-state index contributed by atoms with van der Waals surface area (Å²) in [6.07, 6.45) is 14.8. The summed E-state index contributed by atoms with van der Waals surface area (Å²) in [5.74, 6) is 1.58. The Morgan fingerprint density at radius 2 is 1.13 bits per heavy atom. The molecule has 4 unspecified atom stereocenters. The van der Waals surface area contributed by atoms with Crippen LogP contribution in [0.25, 0.3) is 67.1 Å². The van der Waals surface area contributed by atoms with Crippen LogP contribution in [0.2, 0.25) is 0 Å². The summed E-state index contributed by atoms with van der Waals surface area (Å²) in [4.78, 5) is 43.8. The molecule has 4 atom stereocenters. The summed E-state index contributed by atoms with van der Waals surface area (Å²) in [5, 5.41) is 32.2. The number of ether oxygens (including phenoxy) is 8. The number of furan rings is 2. The van der Waals surface area contributed by atoms with Gasteiger partial charge in [-0.05, 0) is 73.2 Å². The molecular weight excluding hydrogens is 1120 g/mol. The molecule has 8 aromatic rings. The maximum absolute atomic E-state index is 13.3. The highest BCUT2D eigenvalue weighted by Gasteiger charge is 2.38. The Hall–Kier alpha value is -8.67. The van der Waals surface area contributed by atoms with E-state index in [0.717, 1.165) is 73.9 Å². The minimum absolute atomic E-state index is 0. The van der Waals surface area contributed by atoms with E-state index in [-0.39, 0.29) is 48.4 Å². The number of carbonyl (C=O) groups excluding carboxylic acids is 1. The number of nitrogens with zero attached hydrogens (tertiary/aromatic N) is 7. The molecule has 2 aromatic carbocycles. The fourth-order valence-electron chi connectivity index (χ4n) is 11.5. The molecule has 16 rings (SSSR count). The van der Waals surface area contributed by atoms with Crippen LogP contribution in [0, 0.1) is 22.7 Å². The standard InChI is InChI=1S/C32H30N4O6.C26H21N3O6.C6H11NO.ClH/c1-38-29-14-27(32(37)36-17-23-4-3-21(36)18-40-23)35-16-25(29)30-13-26-31(42-30)24(6-9-34-26)19-2-5-28(20(12-19)15-33)41-22-7-10-39-11-8-22;1-32-23-12-21(26(30)31)29-14-19(23)24-11-20-25(35-24)18(4-7-28-20)15-2-3-22(16(10-15)13-27)34-17-5-8-33-9-6-17;1-2-6-3-7-5(1)4-8-6;/h2,5-6,9,12-14,16,21-23H,3-4,7-8,10-11,17-18H2,1H3;2-4,7,10-12,14,17H,5-6,8-9H2,1H3,(H,30,31);5-7H,1-4H2;1H. The number of amides is 1. The molecule has 6 aromatic heterocycles. The quantitative estimate of drug-likeness (QED) is 0.115. The first-order chi connectivity index (χ1) is 41.6. The van der Waals surface area contributed by atoms with E-state index in [9.17, 15) is 25.2 Å². The van der Waals surface area contributed by atoms with E-state index in [1.54, 1.807) is 50.0 Å². The van der Waals surface area contributed by atoms with Crippen LogP contribution in [-0.2, 0) is 18.9 Å². The second-order valence-electron chi connectivity index (χ2n) is 21.5. The van der Waals surface area contributed by atoms with Crippen molar-refractivity contribution in [2.45, 2.75) is 87.9 Å². The lowest BCUT2D eigenvalue weighted by Gasteiger charge is -2.44. The van der Waals surface area contributed by atoms with Crippen LogP contribution in [0.1, 0.15) is 83.5 Å². The van der Waals surface area contributed by atoms with Gasteiger partial charge < -0.3 is 62.1 Å². The number of benzene rings is 2. The molecule has 0 radical (unpaired) electrons. The number of nitrogens with one attached hydrogen (secondary N) is 1. The first kappa shape index (κ1) is 59.1. The Labute approximate surface area is 501 Å². The summed E-state index contributed by atoms with van der Waals surface area (Å²) in [6.45, 7) is 5.82. The lowest BCUT2D eigenvalue weighted by molar-refractivity contribution is -0.0916. The maximum Gasteiger partial charge on any atom is 0.354 e. The first-order valence-corrected chi connectivity index (χ1v) is 28.6. The SMILES string of the molecule is C1CC2CNC1CO2.COc1cc(C(=O)N2CC3CCC2CO3)ncc1-c1cc2nccc(-c3ccc(OC4CCOCC4)c(C#N)c3)c2o1.COc1cc(C(=O)O)ncc1-c1cc2nccc(-c3ccc(OC4CCOCC4)c(C#N)c3)c2o1.Cl. The topological polar surface area (TPSA) is 269 Å². The van der Waals surface area contributed by atoms with Gasteiger partial charge in [-0.15, -0.1) is 12.4 Å². The molecule has 4 bridgehead atoms. The zero-order chi connectivity index (χ0) is 58.4. The van der Waals surface area contributed by atoms with Gasteiger partial charge in [0.1, 0.15) is 75.6 Å². The monoisotopic (exact) mass is 1190 g/mol. The molecule has 22 heteroatoms. The molecule has 1 amide bonds. The van der Waals surface area contributed by atoms with E-state index < -0.39 is 5.97 Å². The van der Waals surface area contributed by atoms with Crippen LogP contribution in [-0.4, -0.2) is 145 Å². The van der Waals surface area contributed by atoms with E-state index in [2.05, 4.69) is 37.4 Å². The molecule has 14 heterocycles. The average Bonchev–Trinajstić information content (AvgIpc) is 3.61. The lowest BCUT2D eigenvalue weighted by atomic mass is 9.96. The highest BCUT2D eigenvalue weighted by atomic mass is 35.5. The van der Waals surface area contributed by atoms with Gasteiger partial charge in [-0.1, -0.05) is 12.1 Å². The first-order valence-electron chi connectivity index (χ1n) is 28.6. The van der Waals surface area contributed by atoms with Gasteiger partial charge in [-0.25, -0.2) is 9.78 Å². The number of carboxylic acid groups (broad SMARTS) is 1. The Bertz CT molecular complexity index is 3810. The number of hydrogen-bond acceptors (Lipinski definition) is 19. The third-order valence-corrected chi connectivity index (χ3v) is 16.2. The number of morpholine rings is 2. The van der Waals surface area contributed by atoms with Gasteiger partial charge >= 0.3 is 5.97 Å². The number of fused-ring (bicyclic) bond motifs is 8. The van der Waals surface area contributed by atoms with Crippen molar-refractivity contribution in [2.24, 2.45) is 0 Å². The zero-order valence-electron chi connectivity index (χ0n) is 47.4. The maximum atomic E-state index is 13.3. The molecule has 8 aliphatic heterocycles. The third kappa shape index (κ3) is 12.8. The summed E-state index contributed by atoms with van der Waals surface area (Å²) in [5.41, 5.74) is 7.66. The summed E-state index contributed by atoms with van der Waals surface area (Å²) in [7, 11) is 3.01. The van der Waals surface area contributed by atoms with Crippen molar-refractivity contribution >= 4 is 46.5 Å². The second kappa shape index (κ2) is 26.7.